The first-order valence-electron chi connectivity index (χ1n) is 11.1. The predicted molar refractivity (Wildman–Crippen MR) is 137 cm³/mol. The molecule has 2 fully saturated rings. The molecule has 3 nitrogen and oxygen atoms in total. The molecule has 1 aliphatic carbocycles. The fourth-order valence-electron chi connectivity index (χ4n) is 4.46. The summed E-state index contributed by atoms with van der Waals surface area (Å²) in [5, 5.41) is 0.903. The molecule has 0 spiro atoms. The minimum absolute atomic E-state index is 0.0668. The van der Waals surface area contributed by atoms with E-state index in [2.05, 4.69) is 35.7 Å². The molecule has 2 aliphatic rings. The number of carbonyl (C=O) groups is 1. The largest absolute Gasteiger partial charge is 0.461 e. The number of rotatable bonds is 6. The van der Waals surface area contributed by atoms with Crippen LogP contribution in [0.2, 0.25) is 5.02 Å². The molecule has 0 amide bonds. The Morgan fingerprint density at radius 1 is 1.12 bits per heavy atom. The van der Waals surface area contributed by atoms with E-state index < -0.39 is 0 Å². The van der Waals surface area contributed by atoms with Gasteiger partial charge in [0.2, 0.25) is 0 Å². The van der Waals surface area contributed by atoms with Crippen molar-refractivity contribution in [3.8, 4) is 0 Å². The van der Waals surface area contributed by atoms with Gasteiger partial charge in [0.05, 0.1) is 5.56 Å². The standard InChI is InChI=1S/C28H26ClNO2S/c1-19-16-22(27(31)32-18-28(14-15-28)23-9-11-24(29)12-10-23)8-13-25(19)30-20(2)17-33-26(30)21-6-4-3-5-7-21/h3-13,16,26H,2,14-15,17-18H2,1H3. The Hall–Kier alpha value is -2.69. The second kappa shape index (κ2) is 8.92. The molecule has 3 aromatic carbocycles. The van der Waals surface area contributed by atoms with Gasteiger partial charge in [-0.3, -0.25) is 0 Å². The number of hydrogen-bond donors (Lipinski definition) is 0. The van der Waals surface area contributed by atoms with E-state index in [-0.39, 0.29) is 16.8 Å². The van der Waals surface area contributed by atoms with E-state index in [1.54, 1.807) is 0 Å². The maximum atomic E-state index is 12.9. The normalized spacial score (nSPS) is 18.9. The Morgan fingerprint density at radius 3 is 2.52 bits per heavy atom. The van der Waals surface area contributed by atoms with Crippen LogP contribution in [-0.4, -0.2) is 18.3 Å². The number of benzene rings is 3. The number of carbonyl (C=O) groups excluding carboxylic acids is 1. The lowest BCUT2D eigenvalue weighted by molar-refractivity contribution is 0.0465. The van der Waals surface area contributed by atoms with Crippen LogP contribution in [0.1, 0.15) is 45.3 Å². The van der Waals surface area contributed by atoms with E-state index in [1.165, 1.54) is 11.1 Å². The van der Waals surface area contributed by atoms with Gasteiger partial charge in [0.15, 0.2) is 0 Å². The second-order valence-corrected chi connectivity index (χ2v) is 10.4. The number of thioether (sulfide) groups is 1. The molecular formula is C28H26ClNO2S. The Balaban J connectivity index is 1.31. The average Bonchev–Trinajstić information content (AvgIpc) is 3.53. The van der Waals surface area contributed by atoms with Gasteiger partial charge in [-0.25, -0.2) is 4.79 Å². The molecule has 5 heteroatoms. The summed E-state index contributed by atoms with van der Waals surface area (Å²) < 4.78 is 5.76. The zero-order chi connectivity index (χ0) is 23.0. The van der Waals surface area contributed by atoms with Crippen molar-refractivity contribution in [1.29, 1.82) is 0 Å². The third-order valence-corrected chi connectivity index (χ3v) is 8.10. The van der Waals surface area contributed by atoms with Crippen molar-refractivity contribution in [3.63, 3.8) is 0 Å². The van der Waals surface area contributed by atoms with Crippen LogP contribution < -0.4 is 4.90 Å². The third kappa shape index (κ3) is 4.42. The van der Waals surface area contributed by atoms with E-state index in [1.807, 2.05) is 67.2 Å². The molecule has 1 heterocycles. The van der Waals surface area contributed by atoms with Crippen LogP contribution in [0, 0.1) is 6.92 Å². The number of anilines is 1. The highest BCUT2D eigenvalue weighted by Gasteiger charge is 2.45. The van der Waals surface area contributed by atoms with E-state index in [0.29, 0.717) is 12.2 Å². The minimum atomic E-state index is -0.279. The molecule has 1 saturated carbocycles. The highest BCUT2D eigenvalue weighted by molar-refractivity contribution is 8.00. The van der Waals surface area contributed by atoms with Crippen molar-refractivity contribution in [1.82, 2.24) is 0 Å². The first-order valence-corrected chi connectivity index (χ1v) is 12.6. The molecule has 0 aromatic heterocycles. The number of nitrogens with zero attached hydrogens (tertiary/aromatic N) is 1. The molecule has 1 saturated heterocycles. The molecule has 33 heavy (non-hydrogen) atoms. The van der Waals surface area contributed by atoms with Gasteiger partial charge in [-0.2, -0.15) is 0 Å². The fourth-order valence-corrected chi connectivity index (χ4v) is 5.83. The molecule has 0 bridgehead atoms. The number of hydrogen-bond acceptors (Lipinski definition) is 4. The van der Waals surface area contributed by atoms with Crippen LogP contribution in [-0.2, 0) is 10.2 Å². The van der Waals surface area contributed by atoms with Gasteiger partial charge in [0, 0.05) is 27.6 Å². The van der Waals surface area contributed by atoms with E-state index >= 15 is 0 Å². The summed E-state index contributed by atoms with van der Waals surface area (Å²) in [6, 6.07) is 24.1. The van der Waals surface area contributed by atoms with Gasteiger partial charge in [0.25, 0.3) is 0 Å². The summed E-state index contributed by atoms with van der Waals surface area (Å²) in [4.78, 5) is 15.1. The number of esters is 1. The van der Waals surface area contributed by atoms with Gasteiger partial charge in [-0.15, -0.1) is 11.8 Å². The number of ether oxygens (including phenoxy) is 1. The summed E-state index contributed by atoms with van der Waals surface area (Å²) in [6.07, 6.45) is 2.05. The Bertz CT molecular complexity index is 1190. The zero-order valence-corrected chi connectivity index (χ0v) is 20.2. The van der Waals surface area contributed by atoms with Crippen LogP contribution in [0.5, 0.6) is 0 Å². The van der Waals surface area contributed by atoms with E-state index in [4.69, 9.17) is 16.3 Å². The van der Waals surface area contributed by atoms with Crippen molar-refractivity contribution >= 4 is 35.0 Å². The lowest BCUT2D eigenvalue weighted by Gasteiger charge is -2.28. The quantitative estimate of drug-likeness (QED) is 0.350. The topological polar surface area (TPSA) is 29.5 Å². The fraction of sp³-hybridized carbons (Fsp3) is 0.250. The second-order valence-electron chi connectivity index (χ2n) is 8.87. The maximum Gasteiger partial charge on any atom is 0.338 e. The van der Waals surface area contributed by atoms with E-state index in [0.717, 1.165) is 40.6 Å². The van der Waals surface area contributed by atoms with Gasteiger partial charge in [-0.05, 0) is 66.8 Å². The van der Waals surface area contributed by atoms with Crippen molar-refractivity contribution in [3.05, 3.63) is 112 Å². The summed E-state index contributed by atoms with van der Waals surface area (Å²) in [6.45, 7) is 6.72. The molecule has 1 aliphatic heterocycles. The lowest BCUT2D eigenvalue weighted by atomic mass is 9.97. The van der Waals surface area contributed by atoms with Crippen molar-refractivity contribution in [2.75, 3.05) is 17.3 Å². The van der Waals surface area contributed by atoms with Crippen molar-refractivity contribution in [2.45, 2.75) is 30.6 Å². The first-order chi connectivity index (χ1) is 16.0. The monoisotopic (exact) mass is 475 g/mol. The third-order valence-electron chi connectivity index (χ3n) is 6.55. The molecule has 0 radical (unpaired) electrons. The summed E-state index contributed by atoms with van der Waals surface area (Å²) >= 11 is 7.89. The number of aryl methyl sites for hydroxylation is 1. The Morgan fingerprint density at radius 2 is 1.85 bits per heavy atom. The molecule has 168 valence electrons. The Labute approximate surface area is 204 Å². The van der Waals surface area contributed by atoms with Crippen LogP contribution in [0.3, 0.4) is 0 Å². The molecule has 1 unspecified atom stereocenters. The van der Waals surface area contributed by atoms with Crippen LogP contribution in [0.4, 0.5) is 5.69 Å². The average molecular weight is 476 g/mol. The van der Waals surface area contributed by atoms with Gasteiger partial charge < -0.3 is 9.64 Å². The van der Waals surface area contributed by atoms with Crippen LogP contribution >= 0.6 is 23.4 Å². The molecule has 5 rings (SSSR count). The smallest absolute Gasteiger partial charge is 0.338 e. The summed E-state index contributed by atoms with van der Waals surface area (Å²) in [5.41, 5.74) is 6.14. The van der Waals surface area contributed by atoms with Crippen LogP contribution in [0.15, 0.2) is 85.1 Å². The number of halogens is 1. The Kier molecular flexibility index (Phi) is 5.98. The highest BCUT2D eigenvalue weighted by Crippen LogP contribution is 2.49. The van der Waals surface area contributed by atoms with Gasteiger partial charge in [0.1, 0.15) is 12.0 Å². The summed E-state index contributed by atoms with van der Waals surface area (Å²) in [5.74, 6) is 0.606. The molecule has 3 aromatic rings. The zero-order valence-electron chi connectivity index (χ0n) is 18.6. The van der Waals surface area contributed by atoms with Gasteiger partial charge >= 0.3 is 5.97 Å². The molecular weight excluding hydrogens is 450 g/mol. The summed E-state index contributed by atoms with van der Waals surface area (Å²) in [7, 11) is 0. The highest BCUT2D eigenvalue weighted by atomic mass is 35.5. The van der Waals surface area contributed by atoms with Crippen molar-refractivity contribution in [2.24, 2.45) is 0 Å². The first kappa shape index (κ1) is 22.1. The molecule has 0 N–H and O–H groups in total. The lowest BCUT2D eigenvalue weighted by Crippen LogP contribution is -2.22. The SMILES string of the molecule is C=C1CSC(c2ccccc2)N1c1ccc(C(=O)OCC2(c3ccc(Cl)cc3)CC2)cc1C. The van der Waals surface area contributed by atoms with Crippen LogP contribution in [0.25, 0.3) is 0 Å². The molecule has 1 atom stereocenters. The maximum absolute atomic E-state index is 12.9. The van der Waals surface area contributed by atoms with Crippen molar-refractivity contribution < 1.29 is 9.53 Å². The predicted octanol–water partition coefficient (Wildman–Crippen LogP) is 7.30. The van der Waals surface area contributed by atoms with Gasteiger partial charge in [-0.1, -0.05) is 60.6 Å². The van der Waals surface area contributed by atoms with E-state index in [9.17, 15) is 4.79 Å². The minimum Gasteiger partial charge on any atom is -0.461 e.